The van der Waals surface area contributed by atoms with Gasteiger partial charge < -0.3 is 28.4 Å². The fraction of sp³-hybridized carbons (Fsp3) is 0.694. The molecule has 19 aliphatic carbocycles. The van der Waals surface area contributed by atoms with Crippen molar-refractivity contribution in [3.8, 4) is 18.1 Å². The first-order valence-corrected chi connectivity index (χ1v) is 53.0. The Morgan fingerprint density at radius 1 is 0.397 bits per heavy atom. The quantitative estimate of drug-likeness (QED) is 0.0663. The number of hydrogen-bond acceptors (Lipinski definition) is 15. The predicted molar refractivity (Wildman–Crippen MR) is 534 cm³/mol. The Labute approximate surface area is 815 Å². The van der Waals surface area contributed by atoms with E-state index in [1.165, 1.54) is 66.4 Å². The SMILES string of the molecule is C#CC1(OC(=O)C(=C)C)CC[C@H]2[C@@H]3CCc4cc(OC)ccc4[C@H]3CC[C@@]21C.C=C(C)C(=O)OC1(C)CC[C@H]2C3CCC4=CC(=O)C=C[C@]4(C)[C@H]3CC[C@@]21C.C=C(C)C(=O)OC1(C)CC[C@H]2C3CCC4=CC(=O)CC[C@]4(C)C3=CC[C@@]21C.C=C(C)C(=O)OC1(C)CC[C@H]2C3CCC4=CC(=O)CC[C@]4(C)[C@H]3CC[C@@]21C.C=C(C)C(=O)OC1(C)CC[C@H]2C3CCC4CC(=O)CC[C@]4(C)[C@H]3CC[C@@]21C. The molecule has 0 saturated heterocycles. The third-order valence-corrected chi connectivity index (χ3v) is 44.0. The van der Waals surface area contributed by atoms with Crippen LogP contribution < -0.4 is 4.74 Å². The van der Waals surface area contributed by atoms with Gasteiger partial charge in [0.1, 0.15) is 33.9 Å². The molecule has 0 aromatic heterocycles. The lowest BCUT2D eigenvalue weighted by Crippen LogP contribution is -2.56. The van der Waals surface area contributed by atoms with E-state index < -0.39 is 22.4 Å². The van der Waals surface area contributed by atoms with Crippen molar-refractivity contribution < 1.29 is 71.6 Å². The minimum Gasteiger partial charge on any atom is -0.497 e. The van der Waals surface area contributed by atoms with Crippen LogP contribution in [0.3, 0.4) is 0 Å². The average Bonchev–Trinajstić information content (AvgIpc) is 1.57. The maximum Gasteiger partial charge on any atom is 0.334 e. The number of carbonyl (C=O) groups excluding carboxylic acids is 9. The summed E-state index contributed by atoms with van der Waals surface area (Å²) < 4.78 is 35.6. The monoisotopic (exact) mass is 1860 g/mol. The van der Waals surface area contributed by atoms with Crippen LogP contribution in [0.1, 0.15) is 366 Å². The van der Waals surface area contributed by atoms with E-state index in [2.05, 4.69) is 159 Å². The second kappa shape index (κ2) is 36.2. The Bertz CT molecular complexity index is 5330. The van der Waals surface area contributed by atoms with Crippen LogP contribution in [0.25, 0.3) is 0 Å². The predicted octanol–water partition coefficient (Wildman–Crippen LogP) is 26.4. The summed E-state index contributed by atoms with van der Waals surface area (Å²) in [5.74, 6) is 12.9. The highest BCUT2D eigenvalue weighted by atomic mass is 16.6. The molecule has 0 bridgehead atoms. The van der Waals surface area contributed by atoms with Gasteiger partial charge in [0.05, 0.1) is 7.11 Å². The molecule has 15 heteroatoms. The van der Waals surface area contributed by atoms with E-state index in [0.29, 0.717) is 140 Å². The number of allylic oxidation sites excluding steroid dienone is 9. The lowest BCUT2D eigenvalue weighted by molar-refractivity contribution is -0.181. The van der Waals surface area contributed by atoms with E-state index in [9.17, 15) is 43.2 Å². The van der Waals surface area contributed by atoms with Crippen LogP contribution >= 0.6 is 0 Å². The van der Waals surface area contributed by atoms with Crippen molar-refractivity contribution in [2.75, 3.05) is 7.11 Å². The average molecular weight is 1860 g/mol. The highest BCUT2D eigenvalue weighted by molar-refractivity contribution is 6.01. The Balaban J connectivity index is 0.000000123. The molecule has 10 unspecified atom stereocenters. The van der Waals surface area contributed by atoms with Crippen molar-refractivity contribution in [1.29, 1.82) is 0 Å². The minimum absolute atomic E-state index is 0.0189. The van der Waals surface area contributed by atoms with Crippen molar-refractivity contribution >= 4 is 53.0 Å². The zero-order chi connectivity index (χ0) is 98.6. The van der Waals surface area contributed by atoms with Crippen molar-refractivity contribution in [1.82, 2.24) is 0 Å². The molecule has 15 nitrogen and oxygen atoms in total. The van der Waals surface area contributed by atoms with E-state index in [1.54, 1.807) is 53.4 Å². The molecule has 14 saturated carbocycles. The first-order valence-electron chi connectivity index (χ1n) is 53.0. The summed E-state index contributed by atoms with van der Waals surface area (Å²) in [6, 6.07) is 6.55. The van der Waals surface area contributed by atoms with E-state index in [0.717, 1.165) is 197 Å². The number of ether oxygens (including phenoxy) is 6. The number of ketones is 4. The van der Waals surface area contributed by atoms with E-state index in [4.69, 9.17) is 34.8 Å². The molecule has 0 spiro atoms. The number of benzene rings is 1. The van der Waals surface area contributed by atoms with Gasteiger partial charge in [0.25, 0.3) is 0 Å². The maximum atomic E-state index is 12.4. The summed E-state index contributed by atoms with van der Waals surface area (Å²) in [7, 11) is 1.73. The second-order valence-electron chi connectivity index (χ2n) is 50.2. The molecule has 1 aromatic carbocycles. The number of aryl methyl sites for hydroxylation is 1. The summed E-state index contributed by atoms with van der Waals surface area (Å²) in [4.78, 5) is 109. The van der Waals surface area contributed by atoms with E-state index in [1.807, 2.05) is 18.2 Å². The van der Waals surface area contributed by atoms with Gasteiger partial charge in [0.2, 0.25) is 0 Å². The molecule has 738 valence electrons. The van der Waals surface area contributed by atoms with Crippen LogP contribution in [0.2, 0.25) is 0 Å². The summed E-state index contributed by atoms with van der Waals surface area (Å²) in [5.41, 5.74) is 9.04. The van der Waals surface area contributed by atoms with Crippen molar-refractivity contribution in [2.24, 2.45) is 132 Å². The Hall–Kier alpha value is -7.99. The molecule has 0 aliphatic heterocycles. The summed E-state index contributed by atoms with van der Waals surface area (Å²) in [6.45, 7) is 57.3. The van der Waals surface area contributed by atoms with Crippen molar-refractivity contribution in [3.63, 3.8) is 0 Å². The summed E-state index contributed by atoms with van der Waals surface area (Å²) >= 11 is 0. The van der Waals surface area contributed by atoms with E-state index >= 15 is 0 Å². The first kappa shape index (κ1) is 101. The number of fused-ring (bicyclic) bond motifs is 25. The third-order valence-electron chi connectivity index (χ3n) is 44.0. The molecule has 0 radical (unpaired) electrons. The number of rotatable bonds is 11. The van der Waals surface area contributed by atoms with Crippen LogP contribution in [0.5, 0.6) is 5.75 Å². The number of Topliss-reactive ketones (excluding diaryl/α,β-unsaturated/α-hetero) is 1. The molecule has 0 N–H and O–H groups in total. The lowest BCUT2D eigenvalue weighted by Gasteiger charge is -2.61. The van der Waals surface area contributed by atoms with Gasteiger partial charge in [-0.3, -0.25) is 19.2 Å². The van der Waals surface area contributed by atoms with Crippen molar-refractivity contribution in [2.45, 2.75) is 390 Å². The molecule has 0 amide bonds. The maximum absolute atomic E-state index is 12.4. The summed E-state index contributed by atoms with van der Waals surface area (Å²) in [5, 5.41) is 0. The first-order chi connectivity index (χ1) is 63.8. The molecule has 29 atom stereocenters. The van der Waals surface area contributed by atoms with Gasteiger partial charge in [-0.05, 0) is 415 Å². The molecule has 19 aliphatic rings. The van der Waals surface area contributed by atoms with E-state index in [-0.39, 0.29) is 84.6 Å². The van der Waals surface area contributed by atoms with Crippen LogP contribution in [0.15, 0.2) is 138 Å². The number of esters is 5. The normalized spacial score (nSPS) is 43.8. The highest BCUT2D eigenvalue weighted by Crippen LogP contribution is 2.75. The zero-order valence-electron chi connectivity index (χ0n) is 86.5. The minimum atomic E-state index is -0.807. The lowest BCUT2D eigenvalue weighted by atomic mass is 9.44. The van der Waals surface area contributed by atoms with Crippen LogP contribution in [-0.2, 0) is 73.3 Å². The molecule has 1 aromatic rings. The van der Waals surface area contributed by atoms with Gasteiger partial charge in [-0.1, -0.05) is 142 Å². The molecule has 14 fully saturated rings. The number of terminal acetylenes is 1. The number of carbonyl (C=O) groups is 9. The van der Waals surface area contributed by atoms with Crippen LogP contribution in [0.4, 0.5) is 0 Å². The second-order valence-corrected chi connectivity index (χ2v) is 50.2. The smallest absolute Gasteiger partial charge is 0.334 e. The molecular weight excluding hydrogens is 1690 g/mol. The van der Waals surface area contributed by atoms with Gasteiger partial charge in [-0.15, -0.1) is 6.42 Å². The molecule has 20 rings (SSSR count). The highest BCUT2D eigenvalue weighted by Gasteiger charge is 2.71. The van der Waals surface area contributed by atoms with Gasteiger partial charge in [-0.2, -0.15) is 0 Å². The Kier molecular flexibility index (Phi) is 26.9. The topological polar surface area (TPSA) is 209 Å². The molecular formula is C121H164O15. The van der Waals surface area contributed by atoms with Gasteiger partial charge in [-0.25, -0.2) is 24.0 Å². The van der Waals surface area contributed by atoms with Crippen LogP contribution in [-0.4, -0.2) is 88.1 Å². The van der Waals surface area contributed by atoms with Gasteiger partial charge in [0.15, 0.2) is 23.0 Å². The largest absolute Gasteiger partial charge is 0.497 e. The van der Waals surface area contributed by atoms with Gasteiger partial charge in [0, 0.05) is 91.5 Å². The fourth-order valence-corrected chi connectivity index (χ4v) is 34.7. The third kappa shape index (κ3) is 16.4. The number of hydrogen-bond donors (Lipinski definition) is 0. The number of methoxy groups -OCH3 is 1. The summed E-state index contributed by atoms with van der Waals surface area (Å²) in [6.07, 6.45) is 55.4. The molecule has 0 heterocycles. The Morgan fingerprint density at radius 3 is 1.39 bits per heavy atom. The zero-order valence-corrected chi connectivity index (χ0v) is 86.5. The fourth-order valence-electron chi connectivity index (χ4n) is 34.7. The van der Waals surface area contributed by atoms with Crippen LogP contribution in [0, 0.1) is 144 Å². The standard InChI is InChI=1S/C25H30O3.C24H36O3.C24H34O3.2C24H32O3/c1-6-25(28-23(26)16(2)3)14-12-22-21-9-7-17-15-18(27-5)8-10-19(17)20(21)11-13-24(22,25)4;4*1-15(2)21(26)27-24(5)13-10-20-18-7-6-16-14-17(25)8-11-22(16,3)19(18)9-12-23(20,24)4/h1,8,10,15,20-22H,2,7,9,11-14H2,3-5H3;16,18-20H,1,6-14H2,2-5H3;14,18-20H,1,6-13H2,2-5H3;9,14,18,20H,1,6-8,10-13H2,2-5H3;8,11,14,18-20H,1,6-7,9-10,12-13H2,2-5H3/t20-,21-,22+,24+,25?;16?,18?,19-,20-,22-,23-,24?;18?,19-,20-,22-,23-,24?;18?,20-,22-,23-,24?;18?,19-,20-,22-,23-,24?/m10000/s1. The van der Waals surface area contributed by atoms with Gasteiger partial charge >= 0.3 is 29.8 Å². The Morgan fingerprint density at radius 2 is 0.846 bits per heavy atom. The van der Waals surface area contributed by atoms with Crippen molar-refractivity contribution in [3.05, 3.63) is 149 Å². The molecule has 136 heavy (non-hydrogen) atoms.